The van der Waals surface area contributed by atoms with Crippen LogP contribution in [-0.2, 0) is 10.9 Å². The maximum atomic E-state index is 15.4. The van der Waals surface area contributed by atoms with E-state index in [0.717, 1.165) is 23.7 Å². The van der Waals surface area contributed by atoms with Crippen molar-refractivity contribution in [3.05, 3.63) is 57.8 Å². The minimum absolute atomic E-state index is 0.0315. The van der Waals surface area contributed by atoms with E-state index in [4.69, 9.17) is 21.1 Å². The molecule has 34 heavy (non-hydrogen) atoms. The van der Waals surface area contributed by atoms with Crippen molar-refractivity contribution in [3.63, 3.8) is 0 Å². The van der Waals surface area contributed by atoms with Gasteiger partial charge in [0.15, 0.2) is 0 Å². The van der Waals surface area contributed by atoms with Crippen LogP contribution >= 0.6 is 22.9 Å². The normalized spacial score (nSPS) is 16.9. The fourth-order valence-corrected chi connectivity index (χ4v) is 4.15. The summed E-state index contributed by atoms with van der Waals surface area (Å²) < 4.78 is 65.0. The van der Waals surface area contributed by atoms with Gasteiger partial charge in [0, 0.05) is 24.4 Å². The first-order valence-electron chi connectivity index (χ1n) is 10.0. The van der Waals surface area contributed by atoms with Crippen molar-refractivity contribution in [2.24, 2.45) is 0 Å². The summed E-state index contributed by atoms with van der Waals surface area (Å²) in [6.07, 6.45) is -1.01. The van der Waals surface area contributed by atoms with E-state index >= 15 is 4.39 Å². The molecule has 13 heteroatoms. The number of amides is 1. The second-order valence-corrected chi connectivity index (χ2v) is 9.10. The zero-order chi connectivity index (χ0) is 24.5. The summed E-state index contributed by atoms with van der Waals surface area (Å²) in [5, 5.41) is 2.81. The Labute approximate surface area is 200 Å². The number of benzene rings is 1. The molecule has 1 aliphatic rings. The molecule has 7 nitrogen and oxygen atoms in total. The van der Waals surface area contributed by atoms with Gasteiger partial charge in [0.1, 0.15) is 27.0 Å². The summed E-state index contributed by atoms with van der Waals surface area (Å²) in [6.45, 7) is 2.41. The van der Waals surface area contributed by atoms with Gasteiger partial charge in [-0.3, -0.25) is 4.79 Å². The summed E-state index contributed by atoms with van der Waals surface area (Å²) in [4.78, 5) is 23.6. The molecule has 3 aromatic rings. The Hall–Kier alpha value is -2.83. The smallest absolute Gasteiger partial charge is 0.451 e. The Kier molecular flexibility index (Phi) is 7.01. The second kappa shape index (κ2) is 9.80. The Morgan fingerprint density at radius 3 is 2.59 bits per heavy atom. The van der Waals surface area contributed by atoms with Crippen LogP contribution in [0.4, 0.5) is 17.6 Å². The third-order valence-corrected chi connectivity index (χ3v) is 6.11. The molecular weight excluding hydrogens is 500 g/mol. The molecular formula is C21H17ClF4N4O3S. The van der Waals surface area contributed by atoms with E-state index in [2.05, 4.69) is 20.3 Å². The number of hydrogen-bond donors (Lipinski definition) is 1. The summed E-state index contributed by atoms with van der Waals surface area (Å²) in [5.74, 6) is -2.70. The number of hydrogen-bond acceptors (Lipinski definition) is 7. The molecule has 3 heterocycles. The number of halogens is 5. The van der Waals surface area contributed by atoms with Gasteiger partial charge in [-0.2, -0.15) is 13.2 Å². The maximum absolute atomic E-state index is 15.4. The van der Waals surface area contributed by atoms with Crippen molar-refractivity contribution in [2.45, 2.75) is 31.7 Å². The average molecular weight is 517 g/mol. The SMILES string of the molecule is C[C@@H](NC(=O)c1cc(OC2CCOC2)cc(-c2ncc(Cl)s2)c1F)c1cnc(C(F)(F)F)nc1. The largest absolute Gasteiger partial charge is 0.488 e. The second-order valence-electron chi connectivity index (χ2n) is 7.44. The molecule has 0 radical (unpaired) electrons. The predicted molar refractivity (Wildman–Crippen MR) is 115 cm³/mol. The Bertz CT molecular complexity index is 1180. The topological polar surface area (TPSA) is 86.2 Å². The molecule has 1 aliphatic heterocycles. The first-order valence-corrected chi connectivity index (χ1v) is 11.2. The highest BCUT2D eigenvalue weighted by Crippen LogP contribution is 2.35. The Morgan fingerprint density at radius 1 is 1.26 bits per heavy atom. The number of rotatable bonds is 6. The zero-order valence-electron chi connectivity index (χ0n) is 17.5. The predicted octanol–water partition coefficient (Wildman–Crippen LogP) is 5.07. The molecule has 1 fully saturated rings. The Morgan fingerprint density at radius 2 is 2.00 bits per heavy atom. The first kappa shape index (κ1) is 24.3. The fourth-order valence-electron chi connectivity index (χ4n) is 3.23. The van der Waals surface area contributed by atoms with Crippen LogP contribution in [0.2, 0.25) is 4.34 Å². The monoisotopic (exact) mass is 516 g/mol. The van der Waals surface area contributed by atoms with Gasteiger partial charge < -0.3 is 14.8 Å². The van der Waals surface area contributed by atoms with Crippen LogP contribution in [0.3, 0.4) is 0 Å². The number of ether oxygens (including phenoxy) is 2. The molecule has 0 saturated carbocycles. The molecule has 1 unspecified atom stereocenters. The average Bonchev–Trinajstić information content (AvgIpc) is 3.46. The van der Waals surface area contributed by atoms with Crippen molar-refractivity contribution in [2.75, 3.05) is 13.2 Å². The lowest BCUT2D eigenvalue weighted by atomic mass is 10.1. The van der Waals surface area contributed by atoms with E-state index in [1.807, 2.05) is 0 Å². The Balaban J connectivity index is 1.61. The van der Waals surface area contributed by atoms with Crippen LogP contribution in [-0.4, -0.2) is 40.2 Å². The zero-order valence-corrected chi connectivity index (χ0v) is 19.1. The maximum Gasteiger partial charge on any atom is 0.451 e. The molecule has 180 valence electrons. The number of carbonyl (C=O) groups excluding carboxylic acids is 1. The van der Waals surface area contributed by atoms with Gasteiger partial charge in [0.2, 0.25) is 5.82 Å². The lowest BCUT2D eigenvalue weighted by Gasteiger charge is -2.17. The lowest BCUT2D eigenvalue weighted by Crippen LogP contribution is -2.28. The van der Waals surface area contributed by atoms with E-state index < -0.39 is 29.8 Å². The quantitative estimate of drug-likeness (QED) is 0.460. The summed E-state index contributed by atoms with van der Waals surface area (Å²) in [7, 11) is 0. The van der Waals surface area contributed by atoms with E-state index in [1.54, 1.807) is 0 Å². The molecule has 0 spiro atoms. The van der Waals surface area contributed by atoms with Gasteiger partial charge in [-0.25, -0.2) is 19.3 Å². The van der Waals surface area contributed by atoms with Crippen LogP contribution < -0.4 is 10.1 Å². The highest BCUT2D eigenvalue weighted by molar-refractivity contribution is 7.18. The van der Waals surface area contributed by atoms with Crippen LogP contribution in [0, 0.1) is 5.82 Å². The van der Waals surface area contributed by atoms with Crippen LogP contribution in [0.15, 0.2) is 30.7 Å². The first-order chi connectivity index (χ1) is 16.1. The van der Waals surface area contributed by atoms with Gasteiger partial charge in [0.25, 0.3) is 5.91 Å². The van der Waals surface area contributed by atoms with Crippen molar-refractivity contribution >= 4 is 28.8 Å². The van der Waals surface area contributed by atoms with E-state index in [1.165, 1.54) is 25.3 Å². The van der Waals surface area contributed by atoms with Gasteiger partial charge >= 0.3 is 6.18 Å². The minimum Gasteiger partial charge on any atom is -0.488 e. The fraction of sp³-hybridized carbons (Fsp3) is 0.333. The standard InChI is InChI=1S/C21H17ClF4N4O3S/c1-10(11-6-28-20(29-7-11)21(24,25)26)30-18(31)14-4-13(33-12-2-3-32-9-12)5-15(17(14)23)19-27-8-16(22)34-19/h4-8,10,12H,2-3,9H2,1H3,(H,30,31)/t10-,12?/m1/s1. The molecule has 1 N–H and O–H groups in total. The van der Waals surface area contributed by atoms with E-state index in [9.17, 15) is 18.0 Å². The van der Waals surface area contributed by atoms with Crippen molar-refractivity contribution in [1.82, 2.24) is 20.3 Å². The molecule has 4 rings (SSSR count). The van der Waals surface area contributed by atoms with Crippen molar-refractivity contribution in [3.8, 4) is 16.3 Å². The number of nitrogens with zero attached hydrogens (tertiary/aromatic N) is 3. The highest BCUT2D eigenvalue weighted by atomic mass is 35.5. The third kappa shape index (κ3) is 5.45. The van der Waals surface area contributed by atoms with Crippen LogP contribution in [0.25, 0.3) is 10.6 Å². The minimum atomic E-state index is -4.69. The van der Waals surface area contributed by atoms with Crippen molar-refractivity contribution < 1.29 is 31.8 Å². The summed E-state index contributed by atoms with van der Waals surface area (Å²) in [5.41, 5.74) is -0.0782. The van der Waals surface area contributed by atoms with Gasteiger partial charge in [-0.1, -0.05) is 11.6 Å². The summed E-state index contributed by atoms with van der Waals surface area (Å²) in [6, 6.07) is 1.89. The molecule has 0 bridgehead atoms. The number of thiazole rings is 1. The number of nitrogens with one attached hydrogen (secondary N) is 1. The third-order valence-electron chi connectivity index (χ3n) is 4.96. The lowest BCUT2D eigenvalue weighted by molar-refractivity contribution is -0.145. The number of carbonyl (C=O) groups is 1. The highest BCUT2D eigenvalue weighted by Gasteiger charge is 2.34. The molecule has 1 aromatic carbocycles. The molecule has 0 aliphatic carbocycles. The number of aromatic nitrogens is 3. The van der Waals surface area contributed by atoms with Crippen LogP contribution in [0.1, 0.15) is 41.1 Å². The molecule has 2 atom stereocenters. The van der Waals surface area contributed by atoms with E-state index in [0.29, 0.717) is 24.0 Å². The van der Waals surface area contributed by atoms with Crippen LogP contribution in [0.5, 0.6) is 5.75 Å². The molecule has 1 saturated heterocycles. The van der Waals surface area contributed by atoms with Gasteiger partial charge in [-0.05, 0) is 19.1 Å². The number of alkyl halides is 3. The molecule has 1 amide bonds. The molecule has 2 aromatic heterocycles. The van der Waals surface area contributed by atoms with Gasteiger partial charge in [0.05, 0.1) is 36.6 Å². The van der Waals surface area contributed by atoms with E-state index in [-0.39, 0.29) is 33.6 Å². The summed E-state index contributed by atoms with van der Waals surface area (Å²) >= 11 is 6.98. The van der Waals surface area contributed by atoms with Gasteiger partial charge in [-0.15, -0.1) is 11.3 Å². The van der Waals surface area contributed by atoms with Crippen molar-refractivity contribution in [1.29, 1.82) is 0 Å².